The van der Waals surface area contributed by atoms with Crippen LogP contribution in [0, 0.1) is 6.92 Å². The molecule has 1 aliphatic heterocycles. The lowest BCUT2D eigenvalue weighted by Gasteiger charge is -2.21. The van der Waals surface area contributed by atoms with Gasteiger partial charge < -0.3 is 5.32 Å². The van der Waals surface area contributed by atoms with Crippen LogP contribution in [-0.2, 0) is 0 Å². The van der Waals surface area contributed by atoms with E-state index in [2.05, 4.69) is 28.4 Å². The van der Waals surface area contributed by atoms with Crippen LogP contribution in [0.4, 0.5) is 5.95 Å². The summed E-state index contributed by atoms with van der Waals surface area (Å²) in [6.07, 6.45) is 4.36. The van der Waals surface area contributed by atoms with Crippen LogP contribution in [0.1, 0.15) is 18.4 Å². The Morgan fingerprint density at radius 2 is 2.24 bits per heavy atom. The van der Waals surface area contributed by atoms with E-state index in [-0.39, 0.29) is 0 Å². The fourth-order valence-electron chi connectivity index (χ4n) is 2.13. The van der Waals surface area contributed by atoms with E-state index in [0.29, 0.717) is 6.04 Å². The highest BCUT2D eigenvalue weighted by Crippen LogP contribution is 2.20. The number of aryl methyl sites for hydroxylation is 1. The van der Waals surface area contributed by atoms with E-state index in [4.69, 9.17) is 0 Å². The van der Waals surface area contributed by atoms with Gasteiger partial charge in [-0.3, -0.25) is 0 Å². The molecule has 1 fully saturated rings. The monoisotopic (exact) mass is 248 g/mol. The highest BCUT2D eigenvalue weighted by atomic mass is 32.2. The number of fused-ring (bicyclic) bond motifs is 1. The number of rotatable bonds is 2. The summed E-state index contributed by atoms with van der Waals surface area (Å²) in [6, 6.07) is 4.59. The summed E-state index contributed by atoms with van der Waals surface area (Å²) in [6.45, 7) is 2.06. The molecule has 2 aromatic heterocycles. The fourth-order valence-corrected chi connectivity index (χ4v) is 3.23. The maximum Gasteiger partial charge on any atom is 0.243 e. The first-order valence-corrected chi connectivity index (χ1v) is 7.15. The van der Waals surface area contributed by atoms with Gasteiger partial charge in [-0.1, -0.05) is 6.07 Å². The zero-order valence-electron chi connectivity index (χ0n) is 9.89. The van der Waals surface area contributed by atoms with E-state index in [9.17, 15) is 0 Å². The third kappa shape index (κ3) is 2.24. The van der Waals surface area contributed by atoms with Crippen LogP contribution < -0.4 is 5.32 Å². The number of nitrogens with zero attached hydrogens (tertiary/aromatic N) is 3. The predicted molar refractivity (Wildman–Crippen MR) is 71.7 cm³/mol. The molecule has 0 amide bonds. The first-order valence-electron chi connectivity index (χ1n) is 5.99. The SMILES string of the molecule is Cc1cccn2nc(NC3CCSCC3)nc12. The second-order valence-corrected chi connectivity index (χ2v) is 5.65. The van der Waals surface area contributed by atoms with Crippen molar-refractivity contribution in [2.45, 2.75) is 25.8 Å². The van der Waals surface area contributed by atoms with Crippen molar-refractivity contribution in [2.75, 3.05) is 16.8 Å². The van der Waals surface area contributed by atoms with Crippen LogP contribution in [0.3, 0.4) is 0 Å². The third-order valence-corrected chi connectivity index (χ3v) is 4.16. The molecule has 0 spiro atoms. The van der Waals surface area contributed by atoms with Crippen molar-refractivity contribution in [3.63, 3.8) is 0 Å². The predicted octanol–water partition coefficient (Wildman–Crippen LogP) is 2.35. The zero-order valence-corrected chi connectivity index (χ0v) is 10.7. The van der Waals surface area contributed by atoms with Crippen LogP contribution in [0.5, 0.6) is 0 Å². The molecule has 0 bridgehead atoms. The molecule has 1 aliphatic rings. The number of pyridine rings is 1. The molecule has 5 heteroatoms. The summed E-state index contributed by atoms with van der Waals surface area (Å²) in [7, 11) is 0. The van der Waals surface area contributed by atoms with Crippen molar-refractivity contribution in [1.29, 1.82) is 0 Å². The first kappa shape index (κ1) is 10.9. The molecule has 4 nitrogen and oxygen atoms in total. The molecule has 0 aromatic carbocycles. The van der Waals surface area contributed by atoms with Crippen molar-refractivity contribution in [1.82, 2.24) is 14.6 Å². The van der Waals surface area contributed by atoms with E-state index in [0.717, 1.165) is 17.2 Å². The fraction of sp³-hybridized carbons (Fsp3) is 0.500. The highest BCUT2D eigenvalue weighted by Gasteiger charge is 2.15. The minimum Gasteiger partial charge on any atom is -0.350 e. The minimum absolute atomic E-state index is 0.536. The Morgan fingerprint density at radius 3 is 3.00 bits per heavy atom. The molecule has 1 N–H and O–H groups in total. The maximum atomic E-state index is 4.54. The van der Waals surface area contributed by atoms with Gasteiger partial charge in [0.1, 0.15) is 0 Å². The number of hydrogen-bond acceptors (Lipinski definition) is 4. The van der Waals surface area contributed by atoms with E-state index in [1.54, 1.807) is 0 Å². The average molecular weight is 248 g/mol. The Kier molecular flexibility index (Phi) is 2.93. The van der Waals surface area contributed by atoms with Crippen LogP contribution in [0.25, 0.3) is 5.65 Å². The van der Waals surface area contributed by atoms with E-state index in [1.807, 2.05) is 28.5 Å². The normalized spacial score (nSPS) is 17.5. The number of aromatic nitrogens is 3. The van der Waals surface area contributed by atoms with Crippen molar-refractivity contribution in [3.8, 4) is 0 Å². The van der Waals surface area contributed by atoms with Gasteiger partial charge in [0, 0.05) is 12.2 Å². The van der Waals surface area contributed by atoms with Crippen molar-refractivity contribution in [3.05, 3.63) is 23.9 Å². The van der Waals surface area contributed by atoms with Gasteiger partial charge in [-0.25, -0.2) is 4.52 Å². The van der Waals surface area contributed by atoms with Crippen LogP contribution in [0.2, 0.25) is 0 Å². The van der Waals surface area contributed by atoms with Crippen molar-refractivity contribution in [2.24, 2.45) is 0 Å². The smallest absolute Gasteiger partial charge is 0.243 e. The van der Waals surface area contributed by atoms with Gasteiger partial charge in [0.15, 0.2) is 5.65 Å². The molecule has 3 heterocycles. The van der Waals surface area contributed by atoms with Crippen LogP contribution >= 0.6 is 11.8 Å². The summed E-state index contributed by atoms with van der Waals surface area (Å²) in [5, 5.41) is 7.90. The highest BCUT2D eigenvalue weighted by molar-refractivity contribution is 7.99. The number of nitrogens with one attached hydrogen (secondary N) is 1. The molecule has 2 aromatic rings. The minimum atomic E-state index is 0.536. The Hall–Kier alpha value is -1.23. The van der Waals surface area contributed by atoms with Gasteiger partial charge in [-0.05, 0) is 42.9 Å². The number of thioether (sulfide) groups is 1. The standard InChI is InChI=1S/C12H16N4S/c1-9-3-2-6-16-11(9)14-12(15-16)13-10-4-7-17-8-5-10/h2-3,6,10H,4-5,7-8H2,1H3,(H,13,15). The molecular weight excluding hydrogens is 232 g/mol. The van der Waals surface area contributed by atoms with E-state index in [1.165, 1.54) is 24.3 Å². The first-order chi connectivity index (χ1) is 8.33. The number of anilines is 1. The van der Waals surface area contributed by atoms with Gasteiger partial charge in [0.25, 0.3) is 0 Å². The lowest BCUT2D eigenvalue weighted by molar-refractivity contribution is 0.659. The lowest BCUT2D eigenvalue weighted by atomic mass is 10.2. The third-order valence-electron chi connectivity index (χ3n) is 3.11. The molecule has 0 aliphatic carbocycles. The average Bonchev–Trinajstić information content (AvgIpc) is 2.74. The van der Waals surface area contributed by atoms with Gasteiger partial charge in [-0.15, -0.1) is 5.10 Å². The molecule has 17 heavy (non-hydrogen) atoms. The summed E-state index contributed by atoms with van der Waals surface area (Å²) < 4.78 is 1.84. The Morgan fingerprint density at radius 1 is 1.41 bits per heavy atom. The second kappa shape index (κ2) is 4.56. The molecule has 3 rings (SSSR count). The molecule has 0 saturated carbocycles. The summed E-state index contributed by atoms with van der Waals surface area (Å²) in [5.74, 6) is 3.24. The number of hydrogen-bond donors (Lipinski definition) is 1. The summed E-state index contributed by atoms with van der Waals surface area (Å²) in [5.41, 5.74) is 2.10. The van der Waals surface area contributed by atoms with Crippen molar-refractivity contribution >= 4 is 23.4 Å². The Balaban J connectivity index is 1.83. The quantitative estimate of drug-likeness (QED) is 0.886. The van der Waals surface area contributed by atoms with Crippen LogP contribution in [0.15, 0.2) is 18.3 Å². The Labute approximate surface area is 105 Å². The molecular formula is C12H16N4S. The van der Waals surface area contributed by atoms with E-state index >= 15 is 0 Å². The van der Waals surface area contributed by atoms with Crippen LogP contribution in [-0.4, -0.2) is 32.1 Å². The van der Waals surface area contributed by atoms with Gasteiger partial charge in [-0.2, -0.15) is 16.7 Å². The molecule has 90 valence electrons. The topological polar surface area (TPSA) is 42.2 Å². The zero-order chi connectivity index (χ0) is 11.7. The summed E-state index contributed by atoms with van der Waals surface area (Å²) in [4.78, 5) is 4.54. The summed E-state index contributed by atoms with van der Waals surface area (Å²) >= 11 is 2.03. The maximum absolute atomic E-state index is 4.54. The van der Waals surface area contributed by atoms with Gasteiger partial charge >= 0.3 is 0 Å². The molecule has 0 atom stereocenters. The molecule has 0 radical (unpaired) electrons. The van der Waals surface area contributed by atoms with Gasteiger partial charge in [0.05, 0.1) is 0 Å². The molecule has 0 unspecified atom stereocenters. The van der Waals surface area contributed by atoms with Gasteiger partial charge in [0.2, 0.25) is 5.95 Å². The van der Waals surface area contributed by atoms with E-state index < -0.39 is 0 Å². The second-order valence-electron chi connectivity index (χ2n) is 4.43. The molecule has 1 saturated heterocycles. The largest absolute Gasteiger partial charge is 0.350 e. The van der Waals surface area contributed by atoms with Crippen molar-refractivity contribution < 1.29 is 0 Å². The lowest BCUT2D eigenvalue weighted by Crippen LogP contribution is -2.25. The Bertz CT molecular complexity index is 516.